The number of carbonyl (C=O) groups is 1. The number of rotatable bonds is 5. The summed E-state index contributed by atoms with van der Waals surface area (Å²) in [6.07, 6.45) is 3.30. The van der Waals surface area contributed by atoms with E-state index in [0.717, 1.165) is 5.69 Å². The van der Waals surface area contributed by atoms with Crippen LogP contribution in [-0.4, -0.2) is 30.9 Å². The highest BCUT2D eigenvalue weighted by Gasteiger charge is 2.17. The average molecular weight is 331 g/mol. The number of carbonyl (C=O) groups excluding carboxylic acids is 1. The molecule has 0 aliphatic rings. The SMILES string of the molecule is C[C@@H](Sc1ncn(-c2ccccc2)n1)C(=O)Nc1nccs1. The van der Waals surface area contributed by atoms with E-state index in [0.29, 0.717) is 10.3 Å². The lowest BCUT2D eigenvalue weighted by Gasteiger charge is -2.07. The predicted octanol–water partition coefficient (Wildman–Crippen LogP) is 2.84. The lowest BCUT2D eigenvalue weighted by atomic mass is 10.3. The van der Waals surface area contributed by atoms with Crippen LogP contribution in [0.4, 0.5) is 5.13 Å². The first-order valence-corrected chi connectivity index (χ1v) is 8.32. The molecule has 22 heavy (non-hydrogen) atoms. The van der Waals surface area contributed by atoms with Gasteiger partial charge in [0.1, 0.15) is 6.33 Å². The molecule has 2 heterocycles. The first kappa shape index (κ1) is 14.7. The first-order valence-electron chi connectivity index (χ1n) is 6.56. The van der Waals surface area contributed by atoms with Crippen LogP contribution >= 0.6 is 23.1 Å². The van der Waals surface area contributed by atoms with E-state index in [9.17, 15) is 4.79 Å². The van der Waals surface area contributed by atoms with Crippen LogP contribution in [0.25, 0.3) is 5.69 Å². The molecular formula is C14H13N5OS2. The second-order valence-corrected chi connectivity index (χ2v) is 6.60. The fourth-order valence-corrected chi connectivity index (χ4v) is 2.97. The van der Waals surface area contributed by atoms with Gasteiger partial charge in [-0.3, -0.25) is 4.79 Å². The number of amides is 1. The summed E-state index contributed by atoms with van der Waals surface area (Å²) in [6.45, 7) is 1.82. The van der Waals surface area contributed by atoms with E-state index in [1.54, 1.807) is 17.2 Å². The van der Waals surface area contributed by atoms with E-state index >= 15 is 0 Å². The molecule has 0 fully saturated rings. The minimum Gasteiger partial charge on any atom is -0.301 e. The van der Waals surface area contributed by atoms with E-state index in [2.05, 4.69) is 20.4 Å². The topological polar surface area (TPSA) is 72.7 Å². The molecule has 8 heteroatoms. The zero-order valence-corrected chi connectivity index (χ0v) is 13.3. The van der Waals surface area contributed by atoms with Crippen LogP contribution in [0.3, 0.4) is 0 Å². The molecule has 0 aliphatic heterocycles. The Balaban J connectivity index is 1.63. The Kier molecular flexibility index (Phi) is 4.50. The van der Waals surface area contributed by atoms with Crippen molar-refractivity contribution >= 4 is 34.1 Å². The third kappa shape index (κ3) is 3.52. The van der Waals surface area contributed by atoms with Crippen molar-refractivity contribution in [3.63, 3.8) is 0 Å². The average Bonchev–Trinajstić information content (AvgIpc) is 3.20. The van der Waals surface area contributed by atoms with E-state index in [1.165, 1.54) is 23.1 Å². The van der Waals surface area contributed by atoms with Gasteiger partial charge in [-0.1, -0.05) is 30.0 Å². The molecule has 0 aliphatic carbocycles. The van der Waals surface area contributed by atoms with Gasteiger partial charge in [0.05, 0.1) is 10.9 Å². The third-order valence-corrected chi connectivity index (χ3v) is 4.46. The van der Waals surface area contributed by atoms with Gasteiger partial charge in [-0.05, 0) is 19.1 Å². The second-order valence-electron chi connectivity index (χ2n) is 4.39. The summed E-state index contributed by atoms with van der Waals surface area (Å²) in [5, 5.41) is 9.81. The number of thiazole rings is 1. The van der Waals surface area contributed by atoms with Crippen LogP contribution in [0.2, 0.25) is 0 Å². The van der Waals surface area contributed by atoms with Crippen LogP contribution in [0.1, 0.15) is 6.92 Å². The Morgan fingerprint density at radius 1 is 1.32 bits per heavy atom. The third-order valence-electron chi connectivity index (χ3n) is 2.81. The minimum absolute atomic E-state index is 0.115. The van der Waals surface area contributed by atoms with Crippen molar-refractivity contribution in [3.8, 4) is 5.69 Å². The Morgan fingerprint density at radius 2 is 2.14 bits per heavy atom. The standard InChI is InChI=1S/C14H13N5OS2/c1-10(12(20)17-13-15-7-8-21-13)22-14-16-9-19(18-14)11-5-3-2-4-6-11/h2-10H,1H3,(H,15,17,20)/t10-/m1/s1. The van der Waals surface area contributed by atoms with Gasteiger partial charge in [-0.25, -0.2) is 14.6 Å². The zero-order chi connectivity index (χ0) is 15.4. The van der Waals surface area contributed by atoms with Gasteiger partial charge in [-0.2, -0.15) is 0 Å². The molecule has 3 rings (SSSR count). The fourth-order valence-electron chi connectivity index (χ4n) is 1.71. The number of nitrogens with one attached hydrogen (secondary N) is 1. The van der Waals surface area contributed by atoms with Crippen LogP contribution in [0.15, 0.2) is 53.4 Å². The van der Waals surface area contributed by atoms with E-state index in [4.69, 9.17) is 0 Å². The smallest absolute Gasteiger partial charge is 0.239 e. The summed E-state index contributed by atoms with van der Waals surface area (Å²) in [4.78, 5) is 20.3. The molecule has 0 spiro atoms. The maximum absolute atomic E-state index is 12.1. The van der Waals surface area contributed by atoms with Gasteiger partial charge < -0.3 is 5.32 Å². The zero-order valence-electron chi connectivity index (χ0n) is 11.7. The summed E-state index contributed by atoms with van der Waals surface area (Å²) in [5.41, 5.74) is 0.932. The normalized spacial score (nSPS) is 12.0. The molecule has 1 amide bonds. The Hall–Kier alpha value is -2.19. The monoisotopic (exact) mass is 331 g/mol. The molecule has 1 aromatic carbocycles. The van der Waals surface area contributed by atoms with E-state index in [-0.39, 0.29) is 11.2 Å². The van der Waals surface area contributed by atoms with Gasteiger partial charge in [0, 0.05) is 11.6 Å². The Labute approximate surface area is 135 Å². The van der Waals surface area contributed by atoms with Crippen molar-refractivity contribution in [1.82, 2.24) is 19.7 Å². The molecule has 3 aromatic rings. The first-order chi connectivity index (χ1) is 10.7. The number of para-hydroxylation sites is 1. The molecule has 1 N–H and O–H groups in total. The Bertz CT molecular complexity index is 742. The Morgan fingerprint density at radius 3 is 2.86 bits per heavy atom. The van der Waals surface area contributed by atoms with Crippen LogP contribution in [0, 0.1) is 0 Å². The molecule has 0 saturated heterocycles. The van der Waals surface area contributed by atoms with Crippen LogP contribution in [0.5, 0.6) is 0 Å². The molecule has 2 aromatic heterocycles. The summed E-state index contributed by atoms with van der Waals surface area (Å²) < 4.78 is 1.69. The van der Waals surface area contributed by atoms with Gasteiger partial charge in [0.2, 0.25) is 11.1 Å². The van der Waals surface area contributed by atoms with E-state index in [1.807, 2.05) is 42.6 Å². The fraction of sp³-hybridized carbons (Fsp3) is 0.143. The van der Waals surface area contributed by atoms with Crippen LogP contribution < -0.4 is 5.32 Å². The van der Waals surface area contributed by atoms with Crippen molar-refractivity contribution in [1.29, 1.82) is 0 Å². The summed E-state index contributed by atoms with van der Waals surface area (Å²) in [7, 11) is 0. The van der Waals surface area contributed by atoms with E-state index < -0.39 is 0 Å². The molecule has 112 valence electrons. The van der Waals surface area contributed by atoms with Crippen molar-refractivity contribution in [3.05, 3.63) is 48.2 Å². The number of anilines is 1. The van der Waals surface area contributed by atoms with Gasteiger partial charge in [0.15, 0.2) is 5.13 Å². The molecule has 0 saturated carbocycles. The van der Waals surface area contributed by atoms with Gasteiger partial charge in [-0.15, -0.1) is 16.4 Å². The lowest BCUT2D eigenvalue weighted by molar-refractivity contribution is -0.115. The molecule has 1 atom stereocenters. The maximum atomic E-state index is 12.1. The number of nitrogens with zero attached hydrogens (tertiary/aromatic N) is 4. The highest BCUT2D eigenvalue weighted by Crippen LogP contribution is 2.21. The predicted molar refractivity (Wildman–Crippen MR) is 87.4 cm³/mol. The van der Waals surface area contributed by atoms with Gasteiger partial charge in [0.25, 0.3) is 0 Å². The quantitative estimate of drug-likeness (QED) is 0.728. The summed E-state index contributed by atoms with van der Waals surface area (Å²) >= 11 is 2.70. The highest BCUT2D eigenvalue weighted by atomic mass is 32.2. The largest absolute Gasteiger partial charge is 0.301 e. The number of benzene rings is 1. The molecular weight excluding hydrogens is 318 g/mol. The van der Waals surface area contributed by atoms with Gasteiger partial charge >= 0.3 is 0 Å². The van der Waals surface area contributed by atoms with Crippen molar-refractivity contribution in [2.75, 3.05) is 5.32 Å². The second kappa shape index (κ2) is 6.71. The van der Waals surface area contributed by atoms with Crippen LogP contribution in [-0.2, 0) is 4.79 Å². The number of hydrogen-bond acceptors (Lipinski definition) is 6. The van der Waals surface area contributed by atoms with Crippen molar-refractivity contribution in [2.45, 2.75) is 17.3 Å². The molecule has 0 unspecified atom stereocenters. The van der Waals surface area contributed by atoms with Crippen molar-refractivity contribution < 1.29 is 4.79 Å². The molecule has 0 bridgehead atoms. The molecule has 6 nitrogen and oxygen atoms in total. The lowest BCUT2D eigenvalue weighted by Crippen LogP contribution is -2.22. The number of hydrogen-bond donors (Lipinski definition) is 1. The van der Waals surface area contributed by atoms with Crippen molar-refractivity contribution in [2.24, 2.45) is 0 Å². The summed E-state index contributed by atoms with van der Waals surface area (Å²) in [6, 6.07) is 9.71. The summed E-state index contributed by atoms with van der Waals surface area (Å²) in [5.74, 6) is -0.115. The molecule has 0 radical (unpaired) electrons. The number of thioether (sulfide) groups is 1. The number of aromatic nitrogens is 4. The maximum Gasteiger partial charge on any atom is 0.239 e. The highest BCUT2D eigenvalue weighted by molar-refractivity contribution is 8.00. The minimum atomic E-state index is -0.310.